The second kappa shape index (κ2) is 7.15. The van der Waals surface area contributed by atoms with Crippen molar-refractivity contribution in [1.29, 1.82) is 0 Å². The summed E-state index contributed by atoms with van der Waals surface area (Å²) in [4.78, 5) is 18.9. The van der Waals surface area contributed by atoms with Crippen molar-refractivity contribution in [3.63, 3.8) is 0 Å². The van der Waals surface area contributed by atoms with Crippen LogP contribution < -0.4 is 11.1 Å². The van der Waals surface area contributed by atoms with Crippen LogP contribution in [0.15, 0.2) is 5.38 Å². The molecule has 0 unspecified atom stereocenters. The number of aromatic nitrogens is 1. The zero-order valence-electron chi connectivity index (χ0n) is 12.3. The number of nitrogens with one attached hydrogen (secondary N) is 1. The zero-order chi connectivity index (χ0) is 14.5. The number of carbonyl (C=O) groups is 1. The van der Waals surface area contributed by atoms with Crippen LogP contribution in [-0.4, -0.2) is 47.5 Å². The number of thiazole rings is 1. The molecule has 0 aliphatic carbocycles. The quantitative estimate of drug-likeness (QED) is 0.858. The molecule has 0 bridgehead atoms. The van der Waals surface area contributed by atoms with Crippen molar-refractivity contribution in [1.82, 2.24) is 15.2 Å². The lowest BCUT2D eigenvalue weighted by molar-refractivity contribution is 0.0896. The fourth-order valence-electron chi connectivity index (χ4n) is 2.47. The summed E-state index contributed by atoms with van der Waals surface area (Å²) in [5.41, 5.74) is 6.03. The van der Waals surface area contributed by atoms with Gasteiger partial charge in [0.2, 0.25) is 0 Å². The van der Waals surface area contributed by atoms with Crippen molar-refractivity contribution in [3.05, 3.63) is 16.1 Å². The third-order valence-corrected chi connectivity index (χ3v) is 4.65. The van der Waals surface area contributed by atoms with E-state index in [0.717, 1.165) is 37.4 Å². The Bertz CT molecular complexity index is 438. The molecule has 20 heavy (non-hydrogen) atoms. The summed E-state index contributed by atoms with van der Waals surface area (Å²) in [7, 11) is 0. The van der Waals surface area contributed by atoms with Gasteiger partial charge in [0.05, 0.1) is 5.01 Å². The minimum absolute atomic E-state index is 0.0486. The summed E-state index contributed by atoms with van der Waals surface area (Å²) >= 11 is 1.51. The van der Waals surface area contributed by atoms with E-state index in [4.69, 9.17) is 5.73 Å². The van der Waals surface area contributed by atoms with Gasteiger partial charge in [0.15, 0.2) is 0 Å². The fraction of sp³-hybridized carbons (Fsp3) is 0.714. The summed E-state index contributed by atoms with van der Waals surface area (Å²) in [6, 6.07) is 0.862. The van der Waals surface area contributed by atoms with Gasteiger partial charge < -0.3 is 16.0 Å². The van der Waals surface area contributed by atoms with E-state index < -0.39 is 0 Å². The van der Waals surface area contributed by atoms with Crippen LogP contribution in [0.1, 0.15) is 42.2 Å². The Balaban J connectivity index is 1.82. The molecule has 1 aliphatic rings. The van der Waals surface area contributed by atoms with E-state index in [-0.39, 0.29) is 11.9 Å². The third kappa shape index (κ3) is 4.01. The van der Waals surface area contributed by atoms with Crippen molar-refractivity contribution in [2.24, 2.45) is 5.73 Å². The van der Waals surface area contributed by atoms with E-state index in [0.29, 0.717) is 18.3 Å². The van der Waals surface area contributed by atoms with Crippen molar-refractivity contribution >= 4 is 17.2 Å². The van der Waals surface area contributed by atoms with E-state index in [1.165, 1.54) is 11.3 Å². The summed E-state index contributed by atoms with van der Waals surface area (Å²) in [5, 5.41) is 5.86. The normalized spacial score (nSPS) is 17.6. The van der Waals surface area contributed by atoms with Gasteiger partial charge in [-0.2, -0.15) is 0 Å². The molecule has 3 N–H and O–H groups in total. The molecule has 1 fully saturated rings. The number of amides is 1. The van der Waals surface area contributed by atoms with Crippen LogP contribution in [0.5, 0.6) is 0 Å². The predicted molar refractivity (Wildman–Crippen MR) is 82.1 cm³/mol. The highest BCUT2D eigenvalue weighted by atomic mass is 32.1. The Hall–Kier alpha value is -0.980. The van der Waals surface area contributed by atoms with Crippen molar-refractivity contribution < 1.29 is 4.79 Å². The van der Waals surface area contributed by atoms with E-state index in [1.54, 1.807) is 0 Å². The highest BCUT2D eigenvalue weighted by molar-refractivity contribution is 7.09. The second-order valence-corrected chi connectivity index (χ2v) is 6.49. The topological polar surface area (TPSA) is 71.2 Å². The maximum absolute atomic E-state index is 12.1. The number of carbonyl (C=O) groups excluding carboxylic acids is 1. The van der Waals surface area contributed by atoms with Crippen LogP contribution in [0.3, 0.4) is 0 Å². The average molecular weight is 296 g/mol. The Morgan fingerprint density at radius 2 is 2.25 bits per heavy atom. The molecule has 5 nitrogen and oxygen atoms in total. The first kappa shape index (κ1) is 15.4. The lowest BCUT2D eigenvalue weighted by atomic mass is 10.0. The largest absolute Gasteiger partial charge is 0.348 e. The number of hydrogen-bond donors (Lipinski definition) is 2. The molecule has 1 aromatic rings. The molecule has 2 rings (SSSR count). The predicted octanol–water partition coefficient (Wildman–Crippen LogP) is 1.25. The maximum Gasteiger partial charge on any atom is 0.270 e. The van der Waals surface area contributed by atoms with Crippen molar-refractivity contribution in [3.8, 4) is 0 Å². The molecule has 1 aliphatic heterocycles. The highest BCUT2D eigenvalue weighted by Crippen LogP contribution is 2.15. The van der Waals surface area contributed by atoms with Crippen molar-refractivity contribution in [2.45, 2.75) is 45.2 Å². The molecule has 1 saturated heterocycles. The van der Waals surface area contributed by atoms with Gasteiger partial charge in [-0.05, 0) is 33.2 Å². The first-order valence-corrected chi connectivity index (χ1v) is 8.17. The molecule has 0 saturated carbocycles. The van der Waals surface area contributed by atoms with Gasteiger partial charge in [-0.1, -0.05) is 0 Å². The number of nitrogens with two attached hydrogens (primary N) is 1. The molecule has 0 atom stereocenters. The van der Waals surface area contributed by atoms with E-state index >= 15 is 0 Å². The molecule has 0 spiro atoms. The maximum atomic E-state index is 12.1. The number of likely N-dealkylation sites (tertiary alicyclic amines) is 1. The van der Waals surface area contributed by atoms with Gasteiger partial charge in [0.1, 0.15) is 5.69 Å². The van der Waals surface area contributed by atoms with Crippen molar-refractivity contribution in [2.75, 3.05) is 19.6 Å². The summed E-state index contributed by atoms with van der Waals surface area (Å²) in [6.45, 7) is 7.11. The highest BCUT2D eigenvalue weighted by Gasteiger charge is 2.23. The number of hydrogen-bond acceptors (Lipinski definition) is 5. The minimum atomic E-state index is -0.0486. The van der Waals surface area contributed by atoms with Crippen LogP contribution in [0, 0.1) is 0 Å². The smallest absolute Gasteiger partial charge is 0.270 e. The SMILES string of the molecule is CC(C)N1CCC(NC(=O)c2csc(CCN)n2)CC1. The van der Waals surface area contributed by atoms with Gasteiger partial charge in [0.25, 0.3) is 5.91 Å². The Labute approximate surface area is 124 Å². The van der Waals surface area contributed by atoms with E-state index in [2.05, 4.69) is 29.0 Å². The van der Waals surface area contributed by atoms with Gasteiger partial charge in [-0.3, -0.25) is 4.79 Å². The van der Waals surface area contributed by atoms with E-state index in [9.17, 15) is 4.79 Å². The lowest BCUT2D eigenvalue weighted by Crippen LogP contribution is -2.46. The van der Waals surface area contributed by atoms with Crippen LogP contribution in [0.25, 0.3) is 0 Å². The Kier molecular flexibility index (Phi) is 5.51. The third-order valence-electron chi connectivity index (χ3n) is 3.74. The summed E-state index contributed by atoms with van der Waals surface area (Å²) in [6.07, 6.45) is 2.78. The number of rotatable bonds is 5. The molecule has 6 heteroatoms. The summed E-state index contributed by atoms with van der Waals surface area (Å²) in [5.74, 6) is -0.0486. The second-order valence-electron chi connectivity index (χ2n) is 5.54. The van der Waals surface area contributed by atoms with Gasteiger partial charge in [-0.25, -0.2) is 4.98 Å². The molecule has 2 heterocycles. The monoisotopic (exact) mass is 296 g/mol. The minimum Gasteiger partial charge on any atom is -0.348 e. The molecular formula is C14H24N4OS. The van der Waals surface area contributed by atoms with Crippen LogP contribution in [0.2, 0.25) is 0 Å². The molecule has 1 aromatic heterocycles. The van der Waals surface area contributed by atoms with Crippen LogP contribution in [0.4, 0.5) is 0 Å². The van der Waals surface area contributed by atoms with E-state index in [1.807, 2.05) is 5.38 Å². The first-order chi connectivity index (χ1) is 9.60. The molecule has 112 valence electrons. The van der Waals surface area contributed by atoms with Gasteiger partial charge in [0, 0.05) is 37.0 Å². The first-order valence-electron chi connectivity index (χ1n) is 7.29. The Morgan fingerprint density at radius 3 is 2.85 bits per heavy atom. The molecule has 0 aromatic carbocycles. The number of piperidine rings is 1. The number of nitrogens with zero attached hydrogens (tertiary/aromatic N) is 2. The average Bonchev–Trinajstić information content (AvgIpc) is 2.88. The van der Waals surface area contributed by atoms with Crippen LogP contribution in [-0.2, 0) is 6.42 Å². The molecule has 1 amide bonds. The summed E-state index contributed by atoms with van der Waals surface area (Å²) < 4.78 is 0. The molecule has 0 radical (unpaired) electrons. The molecular weight excluding hydrogens is 272 g/mol. The standard InChI is InChI=1S/C14H24N4OS/c1-10(2)18-7-4-11(5-8-18)16-14(19)12-9-20-13(17-12)3-6-15/h9-11H,3-8,15H2,1-2H3,(H,16,19). The van der Waals surface area contributed by atoms with Gasteiger partial charge >= 0.3 is 0 Å². The fourth-order valence-corrected chi connectivity index (χ4v) is 3.27. The Morgan fingerprint density at radius 1 is 1.55 bits per heavy atom. The van der Waals surface area contributed by atoms with Crippen LogP contribution >= 0.6 is 11.3 Å². The zero-order valence-corrected chi connectivity index (χ0v) is 13.1. The van der Waals surface area contributed by atoms with Gasteiger partial charge in [-0.15, -0.1) is 11.3 Å². The lowest BCUT2D eigenvalue weighted by Gasteiger charge is -2.34.